The Labute approximate surface area is 111 Å². The molecule has 0 spiro atoms. The van der Waals surface area contributed by atoms with E-state index in [-0.39, 0.29) is 12.5 Å². The Morgan fingerprint density at radius 1 is 1.26 bits per heavy atom. The second-order valence-corrected chi connectivity index (χ2v) is 4.01. The maximum Gasteiger partial charge on any atom is 0.248 e. The summed E-state index contributed by atoms with van der Waals surface area (Å²) in [4.78, 5) is 11.6. The number of aliphatic hydroxyl groups is 1. The van der Waals surface area contributed by atoms with Gasteiger partial charge in [-0.05, 0) is 42.3 Å². The van der Waals surface area contributed by atoms with Crippen molar-refractivity contribution in [2.45, 2.75) is 6.42 Å². The first-order valence-corrected chi connectivity index (χ1v) is 6.00. The van der Waals surface area contributed by atoms with Crippen molar-refractivity contribution in [1.82, 2.24) is 0 Å². The zero-order chi connectivity index (χ0) is 13.5. The van der Waals surface area contributed by atoms with Crippen LogP contribution in [0.5, 0.6) is 0 Å². The van der Waals surface area contributed by atoms with Crippen molar-refractivity contribution in [3.05, 3.63) is 60.1 Å². The highest BCUT2D eigenvalue weighted by atomic mass is 16.3. The van der Waals surface area contributed by atoms with Crippen molar-refractivity contribution in [3.63, 3.8) is 0 Å². The number of furan rings is 1. The van der Waals surface area contributed by atoms with Crippen molar-refractivity contribution in [3.8, 4) is 0 Å². The molecule has 4 heteroatoms. The van der Waals surface area contributed by atoms with Gasteiger partial charge in [0.05, 0.1) is 6.26 Å². The topological polar surface area (TPSA) is 62.5 Å². The summed E-state index contributed by atoms with van der Waals surface area (Å²) in [6, 6.07) is 10.9. The highest BCUT2D eigenvalue weighted by Crippen LogP contribution is 2.10. The fraction of sp³-hybridized carbons (Fsp3) is 0.133. The van der Waals surface area contributed by atoms with Gasteiger partial charge in [-0.2, -0.15) is 0 Å². The predicted octanol–water partition coefficient (Wildman–Crippen LogP) is 2.47. The molecule has 0 aliphatic carbocycles. The summed E-state index contributed by atoms with van der Waals surface area (Å²) in [5, 5.41) is 11.6. The fourth-order valence-corrected chi connectivity index (χ4v) is 1.61. The van der Waals surface area contributed by atoms with Crippen LogP contribution in [0, 0.1) is 0 Å². The van der Waals surface area contributed by atoms with Crippen molar-refractivity contribution in [2.75, 3.05) is 11.9 Å². The van der Waals surface area contributed by atoms with E-state index in [1.54, 1.807) is 24.5 Å². The SMILES string of the molecule is O=C(/C=C/c1ccco1)Nc1ccc(CCO)cc1. The maximum absolute atomic E-state index is 11.6. The monoisotopic (exact) mass is 257 g/mol. The normalized spacial score (nSPS) is 10.8. The average molecular weight is 257 g/mol. The van der Waals surface area contributed by atoms with Crippen LogP contribution in [0.15, 0.2) is 53.2 Å². The molecule has 0 saturated carbocycles. The van der Waals surface area contributed by atoms with Crippen LogP contribution in [0.2, 0.25) is 0 Å². The van der Waals surface area contributed by atoms with E-state index in [9.17, 15) is 4.79 Å². The molecule has 1 aromatic carbocycles. The Kier molecular flexibility index (Phi) is 4.53. The van der Waals surface area contributed by atoms with Gasteiger partial charge in [-0.1, -0.05) is 12.1 Å². The molecule has 2 rings (SSSR count). The lowest BCUT2D eigenvalue weighted by Gasteiger charge is -2.03. The second-order valence-electron chi connectivity index (χ2n) is 4.01. The number of aliphatic hydroxyl groups excluding tert-OH is 1. The van der Waals surface area contributed by atoms with Gasteiger partial charge in [0, 0.05) is 18.4 Å². The molecular weight excluding hydrogens is 242 g/mol. The molecule has 0 saturated heterocycles. The fourth-order valence-electron chi connectivity index (χ4n) is 1.61. The first-order chi connectivity index (χ1) is 9.28. The number of nitrogens with one attached hydrogen (secondary N) is 1. The van der Waals surface area contributed by atoms with E-state index < -0.39 is 0 Å². The quantitative estimate of drug-likeness (QED) is 0.809. The van der Waals surface area contributed by atoms with E-state index in [0.717, 1.165) is 11.3 Å². The predicted molar refractivity (Wildman–Crippen MR) is 73.6 cm³/mol. The number of hydrogen-bond acceptors (Lipinski definition) is 3. The second kappa shape index (κ2) is 6.56. The van der Waals surface area contributed by atoms with Gasteiger partial charge < -0.3 is 14.8 Å². The third-order valence-electron chi connectivity index (χ3n) is 2.56. The van der Waals surface area contributed by atoms with E-state index >= 15 is 0 Å². The highest BCUT2D eigenvalue weighted by molar-refractivity contribution is 6.01. The Morgan fingerprint density at radius 2 is 2.05 bits per heavy atom. The zero-order valence-electron chi connectivity index (χ0n) is 10.4. The summed E-state index contributed by atoms with van der Waals surface area (Å²) in [6.07, 6.45) is 5.19. The standard InChI is InChI=1S/C15H15NO3/c17-10-9-12-3-5-13(6-4-12)16-15(18)8-7-14-2-1-11-19-14/h1-8,11,17H,9-10H2,(H,16,18)/b8-7+. The Bertz CT molecular complexity index is 541. The van der Waals surface area contributed by atoms with Crippen molar-refractivity contribution in [2.24, 2.45) is 0 Å². The summed E-state index contributed by atoms with van der Waals surface area (Å²) in [6.45, 7) is 0.123. The number of anilines is 1. The molecule has 98 valence electrons. The molecule has 0 fully saturated rings. The molecule has 1 aromatic heterocycles. The van der Waals surface area contributed by atoms with E-state index in [1.165, 1.54) is 6.08 Å². The van der Waals surface area contributed by atoms with E-state index in [1.807, 2.05) is 24.3 Å². The molecule has 0 radical (unpaired) electrons. The molecule has 1 amide bonds. The van der Waals surface area contributed by atoms with E-state index in [4.69, 9.17) is 9.52 Å². The lowest BCUT2D eigenvalue weighted by molar-refractivity contribution is -0.111. The Morgan fingerprint density at radius 3 is 2.68 bits per heavy atom. The molecular formula is C15H15NO3. The number of rotatable bonds is 5. The molecule has 0 aliphatic rings. The minimum absolute atomic E-state index is 0.123. The number of hydrogen-bond donors (Lipinski definition) is 2. The van der Waals surface area contributed by atoms with Gasteiger partial charge in [0.2, 0.25) is 5.91 Å². The third kappa shape index (κ3) is 4.12. The van der Waals surface area contributed by atoms with Gasteiger partial charge >= 0.3 is 0 Å². The number of amides is 1. The molecule has 0 aliphatic heterocycles. The highest BCUT2D eigenvalue weighted by Gasteiger charge is 1.99. The summed E-state index contributed by atoms with van der Waals surface area (Å²) in [5.74, 6) is 0.416. The number of benzene rings is 1. The Balaban J connectivity index is 1.91. The van der Waals surface area contributed by atoms with Gasteiger partial charge in [0.1, 0.15) is 5.76 Å². The van der Waals surface area contributed by atoms with Crippen LogP contribution >= 0.6 is 0 Å². The van der Waals surface area contributed by atoms with Gasteiger partial charge in [-0.25, -0.2) is 0 Å². The smallest absolute Gasteiger partial charge is 0.248 e. The average Bonchev–Trinajstić information content (AvgIpc) is 2.92. The van der Waals surface area contributed by atoms with Crippen LogP contribution in [-0.2, 0) is 11.2 Å². The van der Waals surface area contributed by atoms with Gasteiger partial charge in [-0.3, -0.25) is 4.79 Å². The van der Waals surface area contributed by atoms with Crippen LogP contribution in [0.25, 0.3) is 6.08 Å². The third-order valence-corrected chi connectivity index (χ3v) is 2.56. The van der Waals surface area contributed by atoms with Gasteiger partial charge in [0.25, 0.3) is 0 Å². The van der Waals surface area contributed by atoms with Crippen molar-refractivity contribution < 1.29 is 14.3 Å². The summed E-state index contributed by atoms with van der Waals surface area (Å²) < 4.78 is 5.09. The minimum atomic E-state index is -0.216. The number of carbonyl (C=O) groups excluding carboxylic acids is 1. The molecule has 0 atom stereocenters. The van der Waals surface area contributed by atoms with Gasteiger partial charge in [-0.15, -0.1) is 0 Å². The first kappa shape index (κ1) is 13.1. The van der Waals surface area contributed by atoms with Crippen LogP contribution < -0.4 is 5.32 Å². The summed E-state index contributed by atoms with van der Waals surface area (Å²) in [7, 11) is 0. The Hall–Kier alpha value is -2.33. The van der Waals surface area contributed by atoms with Crippen LogP contribution in [0.1, 0.15) is 11.3 Å². The first-order valence-electron chi connectivity index (χ1n) is 6.00. The maximum atomic E-state index is 11.6. The molecule has 1 heterocycles. The summed E-state index contributed by atoms with van der Waals surface area (Å²) in [5.41, 5.74) is 1.75. The largest absolute Gasteiger partial charge is 0.465 e. The van der Waals surface area contributed by atoms with E-state index in [0.29, 0.717) is 12.2 Å². The van der Waals surface area contributed by atoms with Crippen molar-refractivity contribution >= 4 is 17.7 Å². The van der Waals surface area contributed by atoms with Crippen LogP contribution in [-0.4, -0.2) is 17.6 Å². The van der Waals surface area contributed by atoms with Crippen LogP contribution in [0.3, 0.4) is 0 Å². The lowest BCUT2D eigenvalue weighted by Crippen LogP contribution is -2.07. The van der Waals surface area contributed by atoms with E-state index in [2.05, 4.69) is 5.32 Å². The van der Waals surface area contributed by atoms with Crippen molar-refractivity contribution in [1.29, 1.82) is 0 Å². The molecule has 2 aromatic rings. The van der Waals surface area contributed by atoms with Gasteiger partial charge in [0.15, 0.2) is 0 Å². The molecule has 0 bridgehead atoms. The molecule has 4 nitrogen and oxygen atoms in total. The zero-order valence-corrected chi connectivity index (χ0v) is 10.4. The van der Waals surface area contributed by atoms with Crippen LogP contribution in [0.4, 0.5) is 5.69 Å². The molecule has 0 unspecified atom stereocenters. The minimum Gasteiger partial charge on any atom is -0.465 e. The summed E-state index contributed by atoms with van der Waals surface area (Å²) >= 11 is 0. The lowest BCUT2D eigenvalue weighted by atomic mass is 10.1. The number of carbonyl (C=O) groups is 1. The molecule has 19 heavy (non-hydrogen) atoms. The molecule has 2 N–H and O–H groups in total.